The van der Waals surface area contributed by atoms with Crippen LogP contribution in [0.4, 0.5) is 0 Å². The van der Waals surface area contributed by atoms with Crippen molar-refractivity contribution < 1.29 is 23.9 Å². The van der Waals surface area contributed by atoms with Crippen molar-refractivity contribution in [1.29, 1.82) is 0 Å². The lowest BCUT2D eigenvalue weighted by Crippen LogP contribution is -2.49. The molecule has 0 saturated carbocycles. The van der Waals surface area contributed by atoms with E-state index in [0.29, 0.717) is 56.7 Å². The van der Waals surface area contributed by atoms with Crippen LogP contribution in [0, 0.1) is 0 Å². The number of ether oxygens (including phenoxy) is 2. The highest BCUT2D eigenvalue weighted by Crippen LogP contribution is 2.48. The summed E-state index contributed by atoms with van der Waals surface area (Å²) in [7, 11) is 1.55. The van der Waals surface area contributed by atoms with E-state index in [1.165, 1.54) is 0 Å². The van der Waals surface area contributed by atoms with Crippen LogP contribution in [0.3, 0.4) is 0 Å². The SMILES string of the molecule is CCOC(=O)[C@]1(c2ccccc2)CC[C@@H](C(=O)N2CCC(NC(=O)c3ccccc3OC)CC2)c2ccccc21. The zero-order valence-electron chi connectivity index (χ0n) is 23.1. The van der Waals surface area contributed by atoms with E-state index in [1.807, 2.05) is 78.6 Å². The van der Waals surface area contributed by atoms with Crippen molar-refractivity contribution >= 4 is 17.8 Å². The topological polar surface area (TPSA) is 84.9 Å². The average molecular weight is 541 g/mol. The number of nitrogens with zero attached hydrogens (tertiary/aromatic N) is 1. The number of fused-ring (bicyclic) bond motifs is 1. The fourth-order valence-corrected chi connectivity index (χ4v) is 6.26. The number of carbonyl (C=O) groups is 3. The normalized spacial score (nSPS) is 20.8. The van der Waals surface area contributed by atoms with E-state index >= 15 is 0 Å². The van der Waals surface area contributed by atoms with E-state index in [9.17, 15) is 14.4 Å². The fraction of sp³-hybridized carbons (Fsp3) is 0.364. The molecule has 0 aromatic heterocycles. The molecule has 1 saturated heterocycles. The Morgan fingerprint density at radius 1 is 0.900 bits per heavy atom. The summed E-state index contributed by atoms with van der Waals surface area (Å²) in [5.41, 5.74) is 2.19. The van der Waals surface area contributed by atoms with Crippen molar-refractivity contribution in [3.05, 3.63) is 101 Å². The van der Waals surface area contributed by atoms with Gasteiger partial charge in [-0.2, -0.15) is 0 Å². The third kappa shape index (κ3) is 5.08. The molecular formula is C33H36N2O5. The standard InChI is InChI=1S/C33H36N2O5/c1-3-40-32(38)33(23-11-5-4-6-12-23)20-17-26(25-13-7-9-15-28(25)33)31(37)35-21-18-24(19-22-35)34-30(36)27-14-8-10-16-29(27)39-2/h4-16,24,26H,3,17-22H2,1-2H3,(H,34,36)/t26-,33+/m1/s1. The van der Waals surface area contributed by atoms with Crippen LogP contribution in [0.15, 0.2) is 78.9 Å². The molecule has 1 aliphatic heterocycles. The molecular weight excluding hydrogens is 504 g/mol. The first-order valence-corrected chi connectivity index (χ1v) is 14.0. The number of rotatable bonds is 7. The van der Waals surface area contributed by atoms with E-state index in [0.717, 1.165) is 16.7 Å². The summed E-state index contributed by atoms with van der Waals surface area (Å²) in [5, 5.41) is 3.11. The molecule has 1 N–H and O–H groups in total. The first kappa shape index (κ1) is 27.4. The van der Waals surface area contributed by atoms with E-state index in [1.54, 1.807) is 19.2 Å². The van der Waals surface area contributed by atoms with Crippen molar-refractivity contribution in [2.75, 3.05) is 26.8 Å². The van der Waals surface area contributed by atoms with Crippen LogP contribution in [-0.4, -0.2) is 55.5 Å². The van der Waals surface area contributed by atoms with Gasteiger partial charge in [0.05, 0.1) is 25.2 Å². The number of para-hydroxylation sites is 1. The van der Waals surface area contributed by atoms with Gasteiger partial charge in [-0.25, -0.2) is 0 Å². The minimum atomic E-state index is -0.944. The quantitative estimate of drug-likeness (QED) is 0.434. The number of carbonyl (C=O) groups excluding carboxylic acids is 3. The molecule has 1 aliphatic carbocycles. The smallest absolute Gasteiger partial charge is 0.321 e. The molecule has 3 aromatic carbocycles. The Kier molecular flexibility index (Phi) is 8.19. The Balaban J connectivity index is 1.32. The van der Waals surface area contributed by atoms with Crippen LogP contribution >= 0.6 is 0 Å². The summed E-state index contributed by atoms with van der Waals surface area (Å²) in [6.45, 7) is 3.24. The Morgan fingerprint density at radius 3 is 2.30 bits per heavy atom. The van der Waals surface area contributed by atoms with Gasteiger partial charge >= 0.3 is 5.97 Å². The van der Waals surface area contributed by atoms with Crippen molar-refractivity contribution in [1.82, 2.24) is 10.2 Å². The Labute approximate surface area is 235 Å². The lowest BCUT2D eigenvalue weighted by atomic mass is 9.63. The van der Waals surface area contributed by atoms with Crippen LogP contribution < -0.4 is 10.1 Å². The third-order valence-electron chi connectivity index (χ3n) is 8.29. The van der Waals surface area contributed by atoms with Gasteiger partial charge in [0.2, 0.25) is 5.91 Å². The minimum absolute atomic E-state index is 0.0188. The largest absolute Gasteiger partial charge is 0.496 e. The zero-order valence-corrected chi connectivity index (χ0v) is 23.1. The van der Waals surface area contributed by atoms with Crippen molar-refractivity contribution in [3.8, 4) is 5.75 Å². The molecule has 7 heteroatoms. The molecule has 7 nitrogen and oxygen atoms in total. The predicted octanol–water partition coefficient (Wildman–Crippen LogP) is 4.84. The second-order valence-electron chi connectivity index (χ2n) is 10.4. The summed E-state index contributed by atoms with van der Waals surface area (Å²) < 4.78 is 10.9. The summed E-state index contributed by atoms with van der Waals surface area (Å²) >= 11 is 0. The molecule has 0 unspecified atom stereocenters. The third-order valence-corrected chi connectivity index (χ3v) is 8.29. The fourth-order valence-electron chi connectivity index (χ4n) is 6.26. The molecule has 0 spiro atoms. The lowest BCUT2D eigenvalue weighted by molar-refractivity contribution is -0.149. The highest BCUT2D eigenvalue weighted by Gasteiger charge is 2.50. The molecule has 1 heterocycles. The second-order valence-corrected chi connectivity index (χ2v) is 10.4. The molecule has 0 radical (unpaired) electrons. The number of methoxy groups -OCH3 is 1. The minimum Gasteiger partial charge on any atom is -0.496 e. The molecule has 40 heavy (non-hydrogen) atoms. The first-order chi connectivity index (χ1) is 19.5. The molecule has 0 bridgehead atoms. The lowest BCUT2D eigenvalue weighted by Gasteiger charge is -2.42. The summed E-state index contributed by atoms with van der Waals surface area (Å²) in [6.07, 6.45) is 2.40. The number of esters is 1. The van der Waals surface area contributed by atoms with Gasteiger partial charge in [-0.15, -0.1) is 0 Å². The number of hydrogen-bond acceptors (Lipinski definition) is 5. The van der Waals surface area contributed by atoms with Crippen molar-refractivity contribution in [3.63, 3.8) is 0 Å². The molecule has 3 aromatic rings. The number of benzene rings is 3. The van der Waals surface area contributed by atoms with E-state index < -0.39 is 5.41 Å². The van der Waals surface area contributed by atoms with Gasteiger partial charge in [0, 0.05) is 19.1 Å². The zero-order chi connectivity index (χ0) is 28.1. The van der Waals surface area contributed by atoms with Gasteiger partial charge in [-0.05, 0) is 61.4 Å². The molecule has 2 aliphatic rings. The van der Waals surface area contributed by atoms with Gasteiger partial charge in [0.25, 0.3) is 5.91 Å². The number of hydrogen-bond donors (Lipinski definition) is 1. The molecule has 2 atom stereocenters. The van der Waals surface area contributed by atoms with Crippen molar-refractivity contribution in [2.45, 2.75) is 50.0 Å². The molecule has 5 rings (SSSR count). The van der Waals surface area contributed by atoms with Gasteiger partial charge in [-0.3, -0.25) is 14.4 Å². The average Bonchev–Trinajstić information content (AvgIpc) is 3.01. The highest BCUT2D eigenvalue weighted by molar-refractivity contribution is 5.97. The predicted molar refractivity (Wildman–Crippen MR) is 152 cm³/mol. The molecule has 2 amide bonds. The van der Waals surface area contributed by atoms with Crippen LogP contribution in [0.25, 0.3) is 0 Å². The van der Waals surface area contributed by atoms with Gasteiger partial charge in [0.15, 0.2) is 0 Å². The first-order valence-electron chi connectivity index (χ1n) is 14.0. The van der Waals surface area contributed by atoms with Crippen LogP contribution in [-0.2, 0) is 19.7 Å². The van der Waals surface area contributed by atoms with E-state index in [2.05, 4.69) is 5.32 Å². The maximum Gasteiger partial charge on any atom is 0.321 e. The number of nitrogens with one attached hydrogen (secondary N) is 1. The Morgan fingerprint density at radius 2 is 1.57 bits per heavy atom. The Bertz CT molecular complexity index is 1370. The van der Waals surface area contributed by atoms with Gasteiger partial charge in [0.1, 0.15) is 11.2 Å². The van der Waals surface area contributed by atoms with Gasteiger partial charge in [-0.1, -0.05) is 66.7 Å². The van der Waals surface area contributed by atoms with Crippen LogP contribution in [0.1, 0.15) is 65.6 Å². The monoisotopic (exact) mass is 540 g/mol. The highest BCUT2D eigenvalue weighted by atomic mass is 16.5. The van der Waals surface area contributed by atoms with Crippen LogP contribution in [0.5, 0.6) is 5.75 Å². The summed E-state index contributed by atoms with van der Waals surface area (Å²) in [4.78, 5) is 42.2. The number of piperidine rings is 1. The maximum atomic E-state index is 13.9. The van der Waals surface area contributed by atoms with E-state index in [-0.39, 0.29) is 29.7 Å². The number of amides is 2. The molecule has 1 fully saturated rings. The Hall–Kier alpha value is -4.13. The maximum absolute atomic E-state index is 13.9. The number of likely N-dealkylation sites (tertiary alicyclic amines) is 1. The van der Waals surface area contributed by atoms with E-state index in [4.69, 9.17) is 9.47 Å². The molecule has 208 valence electrons. The second kappa shape index (κ2) is 11.9. The van der Waals surface area contributed by atoms with Crippen molar-refractivity contribution in [2.24, 2.45) is 0 Å². The summed E-state index contributed by atoms with van der Waals surface area (Å²) in [5.74, 6) is -0.154. The van der Waals surface area contributed by atoms with Gasteiger partial charge < -0.3 is 19.7 Å². The summed E-state index contributed by atoms with van der Waals surface area (Å²) in [6, 6.07) is 24.7. The van der Waals surface area contributed by atoms with Crippen LogP contribution in [0.2, 0.25) is 0 Å².